The lowest BCUT2D eigenvalue weighted by Crippen LogP contribution is -2.52. The van der Waals surface area contributed by atoms with Gasteiger partial charge in [-0.05, 0) is 73.9 Å². The average Bonchev–Trinajstić information content (AvgIpc) is 3.11. The van der Waals surface area contributed by atoms with Crippen molar-refractivity contribution in [1.82, 2.24) is 10.2 Å². The molecule has 1 unspecified atom stereocenters. The van der Waals surface area contributed by atoms with Crippen LogP contribution in [0, 0.1) is 13.8 Å². The Balaban J connectivity index is 1.31. The quantitative estimate of drug-likeness (QED) is 0.526. The number of nitrogens with zero attached hydrogens (tertiary/aromatic N) is 1. The maximum atomic E-state index is 12.9. The van der Waals surface area contributed by atoms with E-state index in [1.54, 1.807) is 6.07 Å². The molecule has 3 amide bonds. The monoisotopic (exact) mass is 485 g/mol. The summed E-state index contributed by atoms with van der Waals surface area (Å²) >= 11 is 0. The van der Waals surface area contributed by atoms with Crippen molar-refractivity contribution in [1.29, 1.82) is 0 Å². The number of ketones is 1. The lowest BCUT2D eigenvalue weighted by atomic mass is 9.99. The van der Waals surface area contributed by atoms with Gasteiger partial charge in [0, 0.05) is 30.3 Å². The molecule has 2 aromatic rings. The molecule has 4 rings (SSSR count). The Morgan fingerprint density at radius 1 is 1.03 bits per heavy atom. The van der Waals surface area contributed by atoms with Crippen molar-refractivity contribution in [3.05, 3.63) is 88.8 Å². The summed E-state index contributed by atoms with van der Waals surface area (Å²) in [6, 6.07) is 12.9. The van der Waals surface area contributed by atoms with E-state index in [1.807, 2.05) is 18.2 Å². The Bertz CT molecular complexity index is 1280. The van der Waals surface area contributed by atoms with Crippen LogP contribution in [0.3, 0.4) is 0 Å². The summed E-state index contributed by atoms with van der Waals surface area (Å²) in [6.07, 6.45) is 4.35. The van der Waals surface area contributed by atoms with E-state index in [-0.39, 0.29) is 11.5 Å². The van der Waals surface area contributed by atoms with Crippen molar-refractivity contribution < 1.29 is 19.2 Å². The Hall–Kier alpha value is -4.00. The summed E-state index contributed by atoms with van der Waals surface area (Å²) < 4.78 is 0. The van der Waals surface area contributed by atoms with Crippen LogP contribution in [0.4, 0.5) is 5.69 Å². The third-order valence-corrected chi connectivity index (χ3v) is 6.75. The van der Waals surface area contributed by atoms with Crippen LogP contribution in [-0.4, -0.2) is 34.4 Å². The van der Waals surface area contributed by atoms with Gasteiger partial charge >= 0.3 is 0 Å². The van der Waals surface area contributed by atoms with Gasteiger partial charge in [0.1, 0.15) is 17.5 Å². The van der Waals surface area contributed by atoms with Gasteiger partial charge in [0.15, 0.2) is 0 Å². The number of allylic oxidation sites excluding steroid dienone is 1. The largest absolute Gasteiger partial charge is 0.351 e. The number of Topliss-reactive ketones (excluding diaryl/α,β-unsaturated/α-hetero) is 1. The molecule has 2 aliphatic rings. The SMILES string of the molecule is C=C1CCC(N2C(=O)C=C(Nc3cccc(CCC(=O)CCc4ccc(C)c(C)c4)c3)C2=O)C(=O)N1. The van der Waals surface area contributed by atoms with Crippen molar-refractivity contribution in [2.75, 3.05) is 5.32 Å². The Labute approximate surface area is 211 Å². The standard InChI is InChI=1S/C29H31N3O4/c1-18-7-9-22(15-19(18)2)11-13-24(33)12-10-21-5-4-6-23(16-21)31-25-17-27(34)32(29(25)36)26-14-8-20(3)30-28(26)35/h4-7,9,15-17,26,31H,3,8,10-14H2,1-2H3,(H,30,35). The van der Waals surface area contributed by atoms with Gasteiger partial charge in [0.25, 0.3) is 11.8 Å². The highest BCUT2D eigenvalue weighted by molar-refractivity contribution is 6.19. The van der Waals surface area contributed by atoms with Gasteiger partial charge in [-0.2, -0.15) is 0 Å². The Kier molecular flexibility index (Phi) is 7.48. The van der Waals surface area contributed by atoms with E-state index >= 15 is 0 Å². The van der Waals surface area contributed by atoms with E-state index in [9.17, 15) is 19.2 Å². The molecule has 1 fully saturated rings. The number of anilines is 1. The number of piperidine rings is 1. The maximum absolute atomic E-state index is 12.9. The zero-order valence-corrected chi connectivity index (χ0v) is 20.7. The number of carbonyl (C=O) groups excluding carboxylic acids is 4. The predicted molar refractivity (Wildman–Crippen MR) is 138 cm³/mol. The molecule has 0 bridgehead atoms. The fourth-order valence-corrected chi connectivity index (χ4v) is 4.49. The first-order valence-electron chi connectivity index (χ1n) is 12.2. The van der Waals surface area contributed by atoms with E-state index in [2.05, 4.69) is 49.3 Å². The van der Waals surface area contributed by atoms with Crippen LogP contribution in [0.15, 0.2) is 66.5 Å². The van der Waals surface area contributed by atoms with Gasteiger partial charge < -0.3 is 10.6 Å². The second-order valence-electron chi connectivity index (χ2n) is 9.50. The molecule has 0 aromatic heterocycles. The number of nitrogens with one attached hydrogen (secondary N) is 2. The smallest absolute Gasteiger partial charge is 0.278 e. The molecule has 1 atom stereocenters. The maximum Gasteiger partial charge on any atom is 0.278 e. The highest BCUT2D eigenvalue weighted by atomic mass is 16.2. The second-order valence-corrected chi connectivity index (χ2v) is 9.50. The number of hydrogen-bond donors (Lipinski definition) is 2. The number of imide groups is 1. The third-order valence-electron chi connectivity index (χ3n) is 6.75. The van der Waals surface area contributed by atoms with E-state index in [0.717, 1.165) is 16.9 Å². The first-order valence-corrected chi connectivity index (χ1v) is 12.2. The molecule has 0 radical (unpaired) electrons. The minimum Gasteiger partial charge on any atom is -0.351 e. The van der Waals surface area contributed by atoms with Gasteiger partial charge in [-0.1, -0.05) is 36.9 Å². The summed E-state index contributed by atoms with van der Waals surface area (Å²) in [5, 5.41) is 5.63. The zero-order chi connectivity index (χ0) is 25.8. The highest BCUT2D eigenvalue weighted by Crippen LogP contribution is 2.24. The van der Waals surface area contributed by atoms with Crippen molar-refractivity contribution >= 4 is 29.2 Å². The van der Waals surface area contributed by atoms with Crippen LogP contribution in [-0.2, 0) is 32.0 Å². The van der Waals surface area contributed by atoms with Crippen molar-refractivity contribution in [2.45, 2.75) is 58.4 Å². The van der Waals surface area contributed by atoms with Gasteiger partial charge in [-0.25, -0.2) is 0 Å². The van der Waals surface area contributed by atoms with E-state index in [4.69, 9.17) is 0 Å². The van der Waals surface area contributed by atoms with E-state index in [0.29, 0.717) is 43.5 Å². The summed E-state index contributed by atoms with van der Waals surface area (Å²) in [4.78, 5) is 51.2. The molecule has 36 heavy (non-hydrogen) atoms. The molecule has 1 saturated heterocycles. The summed E-state index contributed by atoms with van der Waals surface area (Å²) in [5.41, 5.74) is 5.96. The number of carbonyl (C=O) groups is 4. The molecular weight excluding hydrogens is 454 g/mol. The topological polar surface area (TPSA) is 95.6 Å². The van der Waals surface area contributed by atoms with Crippen LogP contribution >= 0.6 is 0 Å². The van der Waals surface area contributed by atoms with Crippen LogP contribution in [0.25, 0.3) is 0 Å². The third kappa shape index (κ3) is 5.79. The molecular formula is C29H31N3O4. The molecule has 2 aliphatic heterocycles. The van der Waals surface area contributed by atoms with Crippen molar-refractivity contribution in [2.24, 2.45) is 0 Å². The molecule has 0 aliphatic carbocycles. The fraction of sp³-hybridized carbons (Fsp3) is 0.310. The van der Waals surface area contributed by atoms with Crippen LogP contribution in [0.2, 0.25) is 0 Å². The first-order chi connectivity index (χ1) is 17.2. The summed E-state index contributed by atoms with van der Waals surface area (Å²) in [7, 11) is 0. The number of amides is 3. The van der Waals surface area contributed by atoms with Gasteiger partial charge in [0.2, 0.25) is 5.91 Å². The first kappa shape index (κ1) is 25.1. The number of hydrogen-bond acceptors (Lipinski definition) is 5. The van der Waals surface area contributed by atoms with Crippen molar-refractivity contribution in [3.8, 4) is 0 Å². The lowest BCUT2D eigenvalue weighted by Gasteiger charge is -2.29. The molecule has 186 valence electrons. The zero-order valence-electron chi connectivity index (χ0n) is 20.7. The second kappa shape index (κ2) is 10.7. The fourth-order valence-electron chi connectivity index (χ4n) is 4.49. The van der Waals surface area contributed by atoms with Crippen LogP contribution in [0.5, 0.6) is 0 Å². The van der Waals surface area contributed by atoms with Gasteiger partial charge in [-0.3, -0.25) is 24.1 Å². The predicted octanol–water partition coefficient (Wildman–Crippen LogP) is 3.89. The molecule has 2 aromatic carbocycles. The highest BCUT2D eigenvalue weighted by Gasteiger charge is 2.41. The minimum absolute atomic E-state index is 0.124. The number of rotatable bonds is 9. The molecule has 2 N–H and O–H groups in total. The molecule has 7 nitrogen and oxygen atoms in total. The Morgan fingerprint density at radius 3 is 2.44 bits per heavy atom. The van der Waals surface area contributed by atoms with E-state index < -0.39 is 23.8 Å². The summed E-state index contributed by atoms with van der Waals surface area (Å²) in [6.45, 7) is 7.89. The number of aryl methyl sites for hydroxylation is 4. The molecule has 0 spiro atoms. The Morgan fingerprint density at radius 2 is 1.75 bits per heavy atom. The van der Waals surface area contributed by atoms with Gasteiger partial charge in [-0.15, -0.1) is 0 Å². The molecule has 7 heteroatoms. The normalized spacial score (nSPS) is 17.8. The van der Waals surface area contributed by atoms with Crippen molar-refractivity contribution in [3.63, 3.8) is 0 Å². The lowest BCUT2D eigenvalue weighted by molar-refractivity contribution is -0.146. The minimum atomic E-state index is -0.841. The molecule has 2 heterocycles. The number of benzene rings is 2. The summed E-state index contributed by atoms with van der Waals surface area (Å²) in [5.74, 6) is -1.23. The average molecular weight is 486 g/mol. The van der Waals surface area contributed by atoms with E-state index in [1.165, 1.54) is 22.8 Å². The van der Waals surface area contributed by atoms with Gasteiger partial charge in [0.05, 0.1) is 0 Å². The van der Waals surface area contributed by atoms with Crippen LogP contribution < -0.4 is 10.6 Å². The van der Waals surface area contributed by atoms with Crippen LogP contribution in [0.1, 0.15) is 47.9 Å². The molecule has 0 saturated carbocycles.